The maximum atomic E-state index is 18.1. The second-order valence-corrected chi connectivity index (χ2v) is 35.6. The van der Waals surface area contributed by atoms with E-state index in [2.05, 4.69) is 39.4 Å². The number of aliphatic carboxylic acids is 4. The Morgan fingerprint density at radius 3 is 1.72 bits per heavy atom. The smallest absolute Gasteiger partial charge is 0.360 e. The Bertz CT molecular complexity index is 10600. The van der Waals surface area contributed by atoms with Crippen molar-refractivity contribution in [3.63, 3.8) is 0 Å². The Hall–Kier alpha value is -16.5. The first kappa shape index (κ1) is 68.0. The summed E-state index contributed by atoms with van der Waals surface area (Å²) in [6.45, 7) is 7.36. The van der Waals surface area contributed by atoms with E-state index in [1.54, 1.807) is 36.4 Å². The van der Waals surface area contributed by atoms with Crippen LogP contribution in [0.5, 0.6) is 0 Å². The molecule has 0 spiro atoms. The molecular formula is C100H46N8O20. The fourth-order valence-electron chi connectivity index (χ4n) is 27.1. The van der Waals surface area contributed by atoms with Gasteiger partial charge in [-0.15, -0.1) is 9.78 Å². The van der Waals surface area contributed by atoms with Crippen LogP contribution in [0.1, 0.15) is 63.7 Å². The van der Waals surface area contributed by atoms with Crippen molar-refractivity contribution in [2.45, 2.75) is 54.1 Å². The van der Waals surface area contributed by atoms with Gasteiger partial charge in [-0.1, -0.05) is 92.0 Å². The van der Waals surface area contributed by atoms with E-state index in [9.17, 15) is 44.4 Å². The SMILES string of the molecule is C=COOC(N)(C(=O)O)C1=c2c3ccc4c5c(=O)c(C(N)(OOC=C)C(=O)O)c6c7cccc8cc9c%10c%11c%12c%13c%14c(cc(=O)c(C(N)(CC(=O)O)OC=O)c%14c%14ccc%15c(c%14%12)c%12c%14c%16c%17c(c%18cccc%19cc%20c%21nc%22ccc(c2c%22c2c3c4c3c(c%212)c2c%20c(c%19%18)c%17c4c%14n%14c(c9c(c87)c7c6c5c3c(c7%14)n24)c%11%12)CC1=O)=C(C(N)(CC(=O)O)OC=O)C(=O)C%15%16)C=CC%13N%10. The number of nitrogens with one attached hydrogen (secondary N) is 1. The van der Waals surface area contributed by atoms with Gasteiger partial charge in [-0.25, -0.2) is 14.6 Å². The van der Waals surface area contributed by atoms with E-state index in [4.69, 9.17) is 56.9 Å². The Morgan fingerprint density at radius 2 is 1.02 bits per heavy atom. The van der Waals surface area contributed by atoms with Crippen LogP contribution in [0.2, 0.25) is 0 Å². The number of carboxylic acids is 4. The van der Waals surface area contributed by atoms with Crippen molar-refractivity contribution in [1.29, 1.82) is 0 Å². The molecule has 13 N–H and O–H groups in total. The molecule has 28 heteroatoms. The first-order valence-corrected chi connectivity index (χ1v) is 41.1. The lowest BCUT2D eigenvalue weighted by Gasteiger charge is -2.41. The molecule has 5 aliphatic rings. The van der Waals surface area contributed by atoms with E-state index in [-0.39, 0.29) is 62.5 Å². The highest BCUT2D eigenvalue weighted by molar-refractivity contribution is 6.63. The molecule has 31 rings (SSSR count). The number of carboxylic acid groups (broad SMARTS) is 4. The van der Waals surface area contributed by atoms with Gasteiger partial charge in [-0.05, 0) is 144 Å². The number of ether oxygens (including phenoxy) is 2. The highest BCUT2D eigenvalue weighted by Crippen LogP contribution is 2.69. The molecule has 26 aromatic rings. The summed E-state index contributed by atoms with van der Waals surface area (Å²) in [5, 5.41) is 70.0. The van der Waals surface area contributed by atoms with E-state index in [0.29, 0.717) is 272 Å². The largest absolute Gasteiger partial charge is 0.481 e. The standard InChI is InChI=1S/C100H46N8O20/c1-3-125-127-99(103,95(119)120)82-42(112)22-30-12-18-40-62-48(30)54(82)34-14-16-36-52-50(34)66(62)74-80-68(52)78-72-60(36)94(118)84(100(104,96(121)122)128-126-4-2)56-32-10-6-8-28-20-38-58-64(46(28)32)76(70(56)72)90-92(78)107-87(80)57-37(86(74)106-40)19-27-7-5-9-31-45(27)63(57)75-69-55(31)83(98(102,124-26-110)24-44(115)116)93(117)59-35-15-13-33-49-51(35)67-77(71(59)69)91(89(75)107)108(90)88(58)79(67)73-65(49)61-39(105-85(38)73)17-11-29-21-41(111)81(53(33)47(29)61)97(101,123-25-109)23-43(113)114/h3-21,25-26,39,59,105H,1-2,22-24,101-104H2,(H,113,114)(H,115,116)(H,119,120)(H,121,122). The Kier molecular flexibility index (Phi) is 10.8. The third-order valence-electron chi connectivity index (χ3n) is 30.6. The molecule has 0 fully saturated rings. The van der Waals surface area contributed by atoms with Crippen LogP contribution in [0.4, 0.5) is 5.69 Å². The highest BCUT2D eigenvalue weighted by atomic mass is 17.2. The van der Waals surface area contributed by atoms with Crippen LogP contribution < -0.4 is 49.5 Å². The summed E-state index contributed by atoms with van der Waals surface area (Å²) in [4.78, 5) is 179. The average Bonchev–Trinajstić information content (AvgIpc) is 0.609. The molecule has 0 saturated heterocycles. The summed E-state index contributed by atoms with van der Waals surface area (Å²) in [6.07, 6.45) is 2.85. The molecule has 0 amide bonds. The average molecular weight is 1680 g/mol. The van der Waals surface area contributed by atoms with Crippen molar-refractivity contribution in [3.8, 4) is 0 Å². The Balaban J connectivity index is 0.976. The maximum Gasteiger partial charge on any atom is 0.360 e. The van der Waals surface area contributed by atoms with E-state index in [1.807, 2.05) is 48.5 Å². The molecule has 128 heavy (non-hydrogen) atoms. The van der Waals surface area contributed by atoms with Gasteiger partial charge in [0, 0.05) is 141 Å². The molecule has 0 saturated carbocycles. The van der Waals surface area contributed by atoms with Gasteiger partial charge >= 0.3 is 23.9 Å². The van der Waals surface area contributed by atoms with Crippen LogP contribution >= 0.6 is 0 Å². The molecule has 6 atom stereocenters. The van der Waals surface area contributed by atoms with Crippen LogP contribution in [-0.2, 0) is 85.3 Å². The van der Waals surface area contributed by atoms with Gasteiger partial charge in [0.15, 0.2) is 22.4 Å². The van der Waals surface area contributed by atoms with Crippen molar-refractivity contribution in [3.05, 3.63) is 193 Å². The monoisotopic (exact) mass is 1680 g/mol. The number of nitrogens with zero attached hydrogens (tertiary/aromatic N) is 3. The third-order valence-corrected chi connectivity index (χ3v) is 30.6. The quantitative estimate of drug-likeness (QED) is 0.00651. The topological polar surface area (TPSA) is 445 Å². The lowest BCUT2D eigenvalue weighted by atomic mass is 9.65. The second kappa shape index (κ2) is 20.3. The van der Waals surface area contributed by atoms with Gasteiger partial charge < -0.3 is 53.8 Å². The van der Waals surface area contributed by atoms with E-state index in [0.717, 1.165) is 12.5 Å². The first-order valence-electron chi connectivity index (χ1n) is 41.1. The lowest BCUT2D eigenvalue weighted by molar-refractivity contribution is -0.323. The van der Waals surface area contributed by atoms with Crippen molar-refractivity contribution >= 4 is 331 Å². The van der Waals surface area contributed by atoms with Gasteiger partial charge in [-0.3, -0.25) is 61.3 Å². The molecule has 28 nitrogen and oxygen atoms in total. The summed E-state index contributed by atoms with van der Waals surface area (Å²) < 4.78 is 16.4. The summed E-state index contributed by atoms with van der Waals surface area (Å²) in [5.74, 6) is -9.63. The number of benzene rings is 20. The Labute approximate surface area is 703 Å². The predicted molar refractivity (Wildman–Crippen MR) is 479 cm³/mol. The number of fused-ring (bicyclic) bond motifs is 8. The number of hydrogen-bond acceptors (Lipinski definition) is 22. The normalized spacial score (nSPS) is 17.9. The third kappa shape index (κ3) is 6.44. The van der Waals surface area contributed by atoms with E-state index >= 15 is 24.0 Å². The minimum Gasteiger partial charge on any atom is -0.481 e. The summed E-state index contributed by atoms with van der Waals surface area (Å²) in [5.41, 5.74) is 21.7. The zero-order valence-corrected chi connectivity index (χ0v) is 65.3. The fourth-order valence-corrected chi connectivity index (χ4v) is 27.1. The van der Waals surface area contributed by atoms with Crippen molar-refractivity contribution in [1.82, 2.24) is 13.8 Å². The molecule has 20 aromatic carbocycles. The summed E-state index contributed by atoms with van der Waals surface area (Å²) >= 11 is 0. The zero-order valence-electron chi connectivity index (χ0n) is 65.3. The minimum absolute atomic E-state index is 0.0117. The molecule has 0 bridgehead atoms. The molecule has 606 valence electrons. The van der Waals surface area contributed by atoms with Crippen LogP contribution in [0.25, 0.3) is 277 Å². The maximum absolute atomic E-state index is 18.1. The number of ketones is 2. The van der Waals surface area contributed by atoms with Crippen LogP contribution in [0.15, 0.2) is 132 Å². The molecule has 7 heterocycles. The minimum atomic E-state index is -3.20. The van der Waals surface area contributed by atoms with Gasteiger partial charge in [0.25, 0.3) is 24.4 Å². The molecule has 1 aliphatic heterocycles. The summed E-state index contributed by atoms with van der Waals surface area (Å²) in [7, 11) is 0. The van der Waals surface area contributed by atoms with Crippen LogP contribution in [0, 0.1) is 0 Å². The predicted octanol–water partition coefficient (Wildman–Crippen LogP) is 13.1. The van der Waals surface area contributed by atoms with Crippen molar-refractivity contribution in [2.75, 3.05) is 5.32 Å². The van der Waals surface area contributed by atoms with Gasteiger partial charge in [-0.2, -0.15) is 0 Å². The number of Topliss-reactive ketones (excluding diaryl/α,β-unsaturated/α-hetero) is 2. The van der Waals surface area contributed by atoms with Gasteiger partial charge in [0.05, 0.1) is 84.1 Å². The number of carbonyl (C=O) groups is 8. The zero-order chi connectivity index (χ0) is 86.2. The molecule has 6 unspecified atom stereocenters. The number of aromatic nitrogens is 3. The second-order valence-electron chi connectivity index (χ2n) is 35.6. The number of hydrogen-bond donors (Lipinski definition) is 9. The fraction of sp³-hybridized carbons (Fsp3) is 0.0900. The van der Waals surface area contributed by atoms with Crippen LogP contribution in [0.3, 0.4) is 0 Å². The molecule has 6 aromatic heterocycles. The van der Waals surface area contributed by atoms with Gasteiger partial charge in [0.2, 0.25) is 11.4 Å². The lowest BCUT2D eigenvalue weighted by Crippen LogP contribution is -2.56. The van der Waals surface area contributed by atoms with E-state index in [1.165, 1.54) is 6.07 Å². The number of pyridine rings is 5. The highest BCUT2D eigenvalue weighted by Gasteiger charge is 2.55. The molecule has 0 radical (unpaired) electrons. The van der Waals surface area contributed by atoms with Gasteiger partial charge in [0.1, 0.15) is 25.4 Å². The molecule has 4 aliphatic carbocycles. The van der Waals surface area contributed by atoms with Crippen molar-refractivity contribution in [2.24, 2.45) is 22.9 Å². The molecular weight excluding hydrogens is 1630 g/mol. The number of carbonyl (C=O) groups excluding carboxylic acids is 4. The van der Waals surface area contributed by atoms with Crippen LogP contribution in [-0.4, -0.2) is 94.0 Å². The van der Waals surface area contributed by atoms with Crippen molar-refractivity contribution < 1.29 is 87.8 Å². The number of anilines is 1. The summed E-state index contributed by atoms with van der Waals surface area (Å²) in [6, 6.07) is 26.5. The first-order chi connectivity index (χ1) is 61.9. The Morgan fingerprint density at radius 1 is 0.477 bits per heavy atom. The number of nitrogens with two attached hydrogens (primary N) is 4. The van der Waals surface area contributed by atoms with E-state index < -0.39 is 105 Å². The number of rotatable bonds is 20.